The number of fused-ring (bicyclic) bond motifs is 2. The second kappa shape index (κ2) is 4.35. The zero-order valence-electron chi connectivity index (χ0n) is 13.2. The van der Waals surface area contributed by atoms with Crippen LogP contribution >= 0.6 is 0 Å². The van der Waals surface area contributed by atoms with Crippen LogP contribution in [0.25, 0.3) is 0 Å². The smallest absolute Gasteiger partial charge is 0.228 e. The molecule has 3 heteroatoms. The number of rotatable bonds is 1. The van der Waals surface area contributed by atoms with Gasteiger partial charge in [0, 0.05) is 12.7 Å². The van der Waals surface area contributed by atoms with Gasteiger partial charge in [0.15, 0.2) is 0 Å². The van der Waals surface area contributed by atoms with Crippen LogP contribution in [0.15, 0.2) is 53.5 Å². The average Bonchev–Trinajstić information content (AvgIpc) is 2.75. The van der Waals surface area contributed by atoms with E-state index in [4.69, 9.17) is 9.73 Å². The molecule has 1 spiro atoms. The molecule has 2 aromatic rings. The van der Waals surface area contributed by atoms with Crippen LogP contribution < -0.4 is 9.64 Å². The third-order valence-corrected chi connectivity index (χ3v) is 5.37. The number of likely N-dealkylation sites (N-methyl/N-ethyl adjacent to an activating group) is 1. The Bertz CT molecular complexity index is 770. The van der Waals surface area contributed by atoms with Crippen LogP contribution in [0.1, 0.15) is 25.8 Å². The summed E-state index contributed by atoms with van der Waals surface area (Å²) in [5.41, 5.74) is 2.73. The Hall–Kier alpha value is -2.29. The van der Waals surface area contributed by atoms with Crippen LogP contribution in [0.4, 0.5) is 11.4 Å². The average molecular weight is 292 g/mol. The molecule has 0 amide bonds. The number of benzene rings is 2. The Morgan fingerprint density at radius 1 is 1.09 bits per heavy atom. The highest BCUT2D eigenvalue weighted by Gasteiger charge is 2.59. The van der Waals surface area contributed by atoms with Crippen molar-refractivity contribution in [2.24, 2.45) is 4.99 Å². The fourth-order valence-corrected chi connectivity index (χ4v) is 3.83. The highest BCUT2D eigenvalue weighted by atomic mass is 16.5. The van der Waals surface area contributed by atoms with Crippen molar-refractivity contribution >= 4 is 17.6 Å². The minimum absolute atomic E-state index is 0.143. The van der Waals surface area contributed by atoms with Gasteiger partial charge in [-0.2, -0.15) is 0 Å². The zero-order valence-corrected chi connectivity index (χ0v) is 13.2. The molecule has 0 aromatic heterocycles. The SMILES string of the molecule is CCC1(C)c2ccccc2N(C)C12C=Nc1ccccc1O2. The molecule has 0 N–H and O–H groups in total. The third kappa shape index (κ3) is 1.43. The molecule has 112 valence electrons. The molecule has 22 heavy (non-hydrogen) atoms. The van der Waals surface area contributed by atoms with Gasteiger partial charge in [-0.1, -0.05) is 37.3 Å². The van der Waals surface area contributed by atoms with Crippen molar-refractivity contribution in [3.63, 3.8) is 0 Å². The van der Waals surface area contributed by atoms with Gasteiger partial charge in [-0.15, -0.1) is 0 Å². The van der Waals surface area contributed by atoms with Gasteiger partial charge in [-0.3, -0.25) is 4.99 Å². The van der Waals surface area contributed by atoms with Crippen LogP contribution in [0.3, 0.4) is 0 Å². The van der Waals surface area contributed by atoms with Gasteiger partial charge < -0.3 is 9.64 Å². The number of para-hydroxylation sites is 3. The molecule has 2 atom stereocenters. The van der Waals surface area contributed by atoms with E-state index in [9.17, 15) is 0 Å². The van der Waals surface area contributed by atoms with Crippen molar-refractivity contribution in [3.8, 4) is 5.75 Å². The highest BCUT2D eigenvalue weighted by molar-refractivity contribution is 5.88. The molecule has 3 nitrogen and oxygen atoms in total. The van der Waals surface area contributed by atoms with E-state index in [1.54, 1.807) is 0 Å². The van der Waals surface area contributed by atoms with E-state index < -0.39 is 5.72 Å². The van der Waals surface area contributed by atoms with E-state index >= 15 is 0 Å². The first kappa shape index (κ1) is 13.4. The van der Waals surface area contributed by atoms with Crippen LogP contribution in [-0.4, -0.2) is 19.0 Å². The number of anilines is 1. The molecule has 0 saturated carbocycles. The summed E-state index contributed by atoms with van der Waals surface area (Å²) >= 11 is 0. The molecule has 2 aromatic carbocycles. The first-order chi connectivity index (χ1) is 10.6. The summed E-state index contributed by atoms with van der Waals surface area (Å²) in [5, 5.41) is 0. The van der Waals surface area contributed by atoms with Gasteiger partial charge in [0.25, 0.3) is 0 Å². The number of ether oxygens (including phenoxy) is 1. The molecule has 2 heterocycles. The van der Waals surface area contributed by atoms with Gasteiger partial charge >= 0.3 is 0 Å². The molecule has 2 unspecified atom stereocenters. The summed E-state index contributed by atoms with van der Waals surface area (Å²) in [4.78, 5) is 6.94. The predicted molar refractivity (Wildman–Crippen MR) is 90.4 cm³/mol. The number of hydrogen-bond donors (Lipinski definition) is 0. The molecular formula is C19H20N2O. The standard InChI is InChI=1S/C19H20N2O/c1-4-18(2)14-9-5-7-11-16(14)21(3)19(18)13-20-15-10-6-8-12-17(15)22-19/h5-13H,4H2,1-3H3. The molecule has 2 aliphatic heterocycles. The zero-order chi connectivity index (χ0) is 15.4. The van der Waals surface area contributed by atoms with Gasteiger partial charge in [-0.05, 0) is 37.1 Å². The summed E-state index contributed by atoms with van der Waals surface area (Å²) in [6.45, 7) is 4.49. The number of hydrogen-bond acceptors (Lipinski definition) is 3. The van der Waals surface area contributed by atoms with E-state index in [-0.39, 0.29) is 5.41 Å². The lowest BCUT2D eigenvalue weighted by atomic mass is 9.73. The summed E-state index contributed by atoms with van der Waals surface area (Å²) < 4.78 is 6.56. The second-order valence-corrected chi connectivity index (χ2v) is 6.29. The quantitative estimate of drug-likeness (QED) is 0.783. The van der Waals surface area contributed by atoms with Crippen molar-refractivity contribution in [2.45, 2.75) is 31.4 Å². The van der Waals surface area contributed by atoms with Crippen molar-refractivity contribution in [1.82, 2.24) is 0 Å². The molecule has 0 bridgehead atoms. The Balaban J connectivity index is 1.93. The van der Waals surface area contributed by atoms with Crippen LogP contribution in [0.2, 0.25) is 0 Å². The van der Waals surface area contributed by atoms with Gasteiger partial charge in [-0.25, -0.2) is 0 Å². The minimum Gasteiger partial charge on any atom is -0.459 e. The van der Waals surface area contributed by atoms with E-state index in [1.165, 1.54) is 11.3 Å². The first-order valence-electron chi connectivity index (χ1n) is 7.79. The normalized spacial score (nSPS) is 28.4. The Morgan fingerprint density at radius 2 is 1.82 bits per heavy atom. The molecule has 2 aliphatic rings. The second-order valence-electron chi connectivity index (χ2n) is 6.29. The highest BCUT2D eigenvalue weighted by Crippen LogP contribution is 2.54. The van der Waals surface area contributed by atoms with Crippen LogP contribution in [-0.2, 0) is 5.41 Å². The van der Waals surface area contributed by atoms with Crippen molar-refractivity contribution in [1.29, 1.82) is 0 Å². The number of nitrogens with zero attached hydrogens (tertiary/aromatic N) is 2. The van der Waals surface area contributed by atoms with Gasteiger partial charge in [0.1, 0.15) is 11.4 Å². The molecule has 0 fully saturated rings. The minimum atomic E-state index is -0.570. The van der Waals surface area contributed by atoms with Gasteiger partial charge in [0.2, 0.25) is 5.72 Å². The maximum Gasteiger partial charge on any atom is 0.228 e. The summed E-state index contributed by atoms with van der Waals surface area (Å²) in [6, 6.07) is 16.5. The van der Waals surface area contributed by atoms with Crippen LogP contribution in [0.5, 0.6) is 5.75 Å². The van der Waals surface area contributed by atoms with E-state index in [0.29, 0.717) is 0 Å². The molecular weight excluding hydrogens is 272 g/mol. The van der Waals surface area contributed by atoms with E-state index in [2.05, 4.69) is 50.1 Å². The van der Waals surface area contributed by atoms with Gasteiger partial charge in [0.05, 0.1) is 11.6 Å². The maximum absolute atomic E-state index is 6.56. The lowest BCUT2D eigenvalue weighted by Crippen LogP contribution is -2.61. The fourth-order valence-electron chi connectivity index (χ4n) is 3.83. The van der Waals surface area contributed by atoms with E-state index in [1.807, 2.05) is 30.5 Å². The monoisotopic (exact) mass is 292 g/mol. The first-order valence-corrected chi connectivity index (χ1v) is 7.79. The Labute approximate surface area is 131 Å². The lowest BCUT2D eigenvalue weighted by molar-refractivity contribution is 0.0704. The topological polar surface area (TPSA) is 24.8 Å². The summed E-state index contributed by atoms with van der Waals surface area (Å²) in [6.07, 6.45) is 2.96. The third-order valence-electron chi connectivity index (χ3n) is 5.37. The summed E-state index contributed by atoms with van der Waals surface area (Å²) in [5.74, 6) is 0.851. The van der Waals surface area contributed by atoms with Crippen molar-refractivity contribution < 1.29 is 4.74 Å². The fraction of sp³-hybridized carbons (Fsp3) is 0.316. The van der Waals surface area contributed by atoms with Crippen molar-refractivity contribution in [2.75, 3.05) is 11.9 Å². The molecule has 4 rings (SSSR count). The molecule has 0 saturated heterocycles. The summed E-state index contributed by atoms with van der Waals surface area (Å²) in [7, 11) is 2.10. The number of aliphatic imine (C=N–C) groups is 1. The Kier molecular flexibility index (Phi) is 2.65. The molecule has 0 aliphatic carbocycles. The Morgan fingerprint density at radius 3 is 2.64 bits per heavy atom. The maximum atomic E-state index is 6.56. The van der Waals surface area contributed by atoms with Crippen molar-refractivity contribution in [3.05, 3.63) is 54.1 Å². The molecule has 0 radical (unpaired) electrons. The van der Waals surface area contributed by atoms with Crippen LogP contribution in [0, 0.1) is 0 Å². The largest absolute Gasteiger partial charge is 0.459 e. The lowest BCUT2D eigenvalue weighted by Gasteiger charge is -2.46. The predicted octanol–water partition coefficient (Wildman–Crippen LogP) is 4.30. The van der Waals surface area contributed by atoms with E-state index in [0.717, 1.165) is 17.9 Å².